The number of halogens is 1. The van der Waals surface area contributed by atoms with Gasteiger partial charge in [0.25, 0.3) is 5.91 Å². The van der Waals surface area contributed by atoms with Crippen molar-refractivity contribution in [1.82, 2.24) is 4.98 Å². The van der Waals surface area contributed by atoms with Crippen LogP contribution >= 0.6 is 11.6 Å². The van der Waals surface area contributed by atoms with Gasteiger partial charge in [0, 0.05) is 16.6 Å². The molecule has 0 spiro atoms. The van der Waals surface area contributed by atoms with Crippen LogP contribution in [0.1, 0.15) is 16.7 Å². The number of carbonyl (C=O) groups excluding carboxylic acids is 1. The van der Waals surface area contributed by atoms with Crippen LogP contribution < -0.4 is 5.32 Å². The molecule has 1 aromatic heterocycles. The summed E-state index contributed by atoms with van der Waals surface area (Å²) in [4.78, 5) is 16.8. The van der Waals surface area contributed by atoms with E-state index in [4.69, 9.17) is 11.6 Å². The lowest BCUT2D eigenvalue weighted by Crippen LogP contribution is -2.13. The van der Waals surface area contributed by atoms with Crippen LogP contribution in [-0.2, 0) is 4.79 Å². The number of benzene rings is 2. The molecule has 0 fully saturated rings. The zero-order chi connectivity index (χ0) is 18.7. The van der Waals surface area contributed by atoms with Crippen LogP contribution in [0.15, 0.2) is 54.1 Å². The van der Waals surface area contributed by atoms with Crippen molar-refractivity contribution in [2.45, 2.75) is 13.8 Å². The Labute approximate surface area is 156 Å². The van der Waals surface area contributed by atoms with Crippen LogP contribution in [0.2, 0.25) is 5.15 Å². The molecule has 0 saturated heterocycles. The molecule has 26 heavy (non-hydrogen) atoms. The Morgan fingerprint density at radius 3 is 2.69 bits per heavy atom. The standard InChI is InChI=1S/C21H16ClN3O/c1-13-5-3-8-18(9-13)24-21(26)17(12-23)11-16-10-15-7-4-6-14(2)19(15)25-20(16)22/h3-11H,1-2H3,(H,24,26)/b17-11+. The van der Waals surface area contributed by atoms with Crippen LogP contribution in [0, 0.1) is 25.2 Å². The average molecular weight is 362 g/mol. The summed E-state index contributed by atoms with van der Waals surface area (Å²) in [5.74, 6) is -0.487. The molecule has 128 valence electrons. The van der Waals surface area contributed by atoms with Crippen molar-refractivity contribution in [1.29, 1.82) is 5.26 Å². The Morgan fingerprint density at radius 2 is 1.96 bits per heavy atom. The molecule has 1 N–H and O–H groups in total. The van der Waals surface area contributed by atoms with Gasteiger partial charge in [-0.3, -0.25) is 4.79 Å². The number of rotatable bonds is 3. The molecule has 0 bridgehead atoms. The third kappa shape index (κ3) is 3.74. The number of aromatic nitrogens is 1. The third-order valence-corrected chi connectivity index (χ3v) is 4.27. The molecule has 1 heterocycles. The summed E-state index contributed by atoms with van der Waals surface area (Å²) in [7, 11) is 0. The van der Waals surface area contributed by atoms with Crippen LogP contribution in [0.25, 0.3) is 17.0 Å². The van der Waals surface area contributed by atoms with E-state index < -0.39 is 5.91 Å². The quantitative estimate of drug-likeness (QED) is 0.403. The van der Waals surface area contributed by atoms with Crippen LogP contribution in [0.5, 0.6) is 0 Å². The number of carbonyl (C=O) groups is 1. The maximum atomic E-state index is 12.4. The van der Waals surface area contributed by atoms with Gasteiger partial charge in [0.2, 0.25) is 0 Å². The van der Waals surface area contributed by atoms with Crippen molar-refractivity contribution >= 4 is 40.2 Å². The van der Waals surface area contributed by atoms with Crippen molar-refractivity contribution in [2.24, 2.45) is 0 Å². The highest BCUT2D eigenvalue weighted by Crippen LogP contribution is 2.25. The first kappa shape index (κ1) is 17.7. The molecule has 0 unspecified atom stereocenters. The second-order valence-corrected chi connectivity index (χ2v) is 6.37. The van der Waals surface area contributed by atoms with Crippen LogP contribution in [-0.4, -0.2) is 10.9 Å². The van der Waals surface area contributed by atoms with Gasteiger partial charge in [0.1, 0.15) is 16.8 Å². The van der Waals surface area contributed by atoms with Gasteiger partial charge in [-0.1, -0.05) is 41.9 Å². The van der Waals surface area contributed by atoms with Gasteiger partial charge in [-0.2, -0.15) is 5.26 Å². The summed E-state index contributed by atoms with van der Waals surface area (Å²) < 4.78 is 0. The summed E-state index contributed by atoms with van der Waals surface area (Å²) in [6.07, 6.45) is 1.46. The Balaban J connectivity index is 1.96. The van der Waals surface area contributed by atoms with E-state index in [9.17, 15) is 10.1 Å². The largest absolute Gasteiger partial charge is 0.321 e. The zero-order valence-corrected chi connectivity index (χ0v) is 15.1. The SMILES string of the molecule is Cc1cccc(NC(=O)/C(C#N)=C/c2cc3cccc(C)c3nc2Cl)c1. The van der Waals surface area contributed by atoms with Gasteiger partial charge < -0.3 is 5.32 Å². The normalized spacial score (nSPS) is 11.2. The van der Waals surface area contributed by atoms with E-state index in [1.165, 1.54) is 6.08 Å². The van der Waals surface area contributed by atoms with Crippen LogP contribution in [0.3, 0.4) is 0 Å². The first-order valence-electron chi connectivity index (χ1n) is 8.03. The molecule has 1 amide bonds. The summed E-state index contributed by atoms with van der Waals surface area (Å²) in [5.41, 5.74) is 3.95. The van der Waals surface area contributed by atoms with Crippen molar-refractivity contribution in [3.63, 3.8) is 0 Å². The fourth-order valence-electron chi connectivity index (χ4n) is 2.67. The Bertz CT molecular complexity index is 1080. The number of aryl methyl sites for hydroxylation is 2. The predicted molar refractivity (Wildman–Crippen MR) is 105 cm³/mol. The van der Waals surface area contributed by atoms with Gasteiger partial charge in [0.15, 0.2) is 0 Å². The molecule has 3 aromatic rings. The minimum Gasteiger partial charge on any atom is -0.321 e. The first-order chi connectivity index (χ1) is 12.5. The highest BCUT2D eigenvalue weighted by atomic mass is 35.5. The van der Waals surface area contributed by atoms with Crippen molar-refractivity contribution in [3.8, 4) is 6.07 Å². The highest BCUT2D eigenvalue weighted by Gasteiger charge is 2.12. The summed E-state index contributed by atoms with van der Waals surface area (Å²) >= 11 is 6.27. The lowest BCUT2D eigenvalue weighted by atomic mass is 10.1. The minimum absolute atomic E-state index is 0.0396. The van der Waals surface area contributed by atoms with Gasteiger partial charge in [0.05, 0.1) is 5.52 Å². The molecule has 0 atom stereocenters. The Morgan fingerprint density at radius 1 is 1.19 bits per heavy atom. The molecule has 0 aliphatic rings. The van der Waals surface area contributed by atoms with Gasteiger partial charge in [-0.25, -0.2) is 4.98 Å². The fraction of sp³-hybridized carbons (Fsp3) is 0.0952. The van der Waals surface area contributed by atoms with Gasteiger partial charge in [-0.05, 0) is 49.2 Å². The van der Waals surface area contributed by atoms with E-state index >= 15 is 0 Å². The maximum Gasteiger partial charge on any atom is 0.266 e. The Kier molecular flexibility index (Phi) is 5.01. The van der Waals surface area contributed by atoms with E-state index in [2.05, 4.69) is 10.3 Å². The monoisotopic (exact) mass is 361 g/mol. The second kappa shape index (κ2) is 7.38. The fourth-order valence-corrected chi connectivity index (χ4v) is 2.86. The topological polar surface area (TPSA) is 65.8 Å². The molecular formula is C21H16ClN3O. The molecule has 2 aromatic carbocycles. The zero-order valence-electron chi connectivity index (χ0n) is 14.4. The van der Waals surface area contributed by atoms with Crippen molar-refractivity contribution in [3.05, 3.63) is 75.9 Å². The number of nitriles is 1. The number of fused-ring (bicyclic) bond motifs is 1. The lowest BCUT2D eigenvalue weighted by molar-refractivity contribution is -0.112. The molecular weight excluding hydrogens is 346 g/mol. The van der Waals surface area contributed by atoms with Gasteiger partial charge >= 0.3 is 0 Å². The number of hydrogen-bond donors (Lipinski definition) is 1. The minimum atomic E-state index is -0.487. The van der Waals surface area contributed by atoms with E-state index in [0.29, 0.717) is 11.3 Å². The number of nitrogens with one attached hydrogen (secondary N) is 1. The maximum absolute atomic E-state index is 12.4. The third-order valence-electron chi connectivity index (χ3n) is 3.97. The molecule has 0 aliphatic carbocycles. The first-order valence-corrected chi connectivity index (χ1v) is 8.41. The number of hydrogen-bond acceptors (Lipinski definition) is 3. The lowest BCUT2D eigenvalue weighted by Gasteiger charge is -2.07. The molecule has 3 rings (SSSR count). The van der Waals surface area contributed by atoms with E-state index in [0.717, 1.165) is 22.0 Å². The van der Waals surface area contributed by atoms with E-state index in [1.807, 2.05) is 62.4 Å². The predicted octanol–water partition coefficient (Wildman–Crippen LogP) is 5.05. The number of pyridine rings is 1. The summed E-state index contributed by atoms with van der Waals surface area (Å²) in [5, 5.41) is 13.3. The molecule has 0 aliphatic heterocycles. The second-order valence-electron chi connectivity index (χ2n) is 6.01. The van der Waals surface area contributed by atoms with Crippen molar-refractivity contribution in [2.75, 3.05) is 5.32 Å². The molecule has 0 saturated carbocycles. The molecule has 4 nitrogen and oxygen atoms in total. The smallest absolute Gasteiger partial charge is 0.266 e. The van der Waals surface area contributed by atoms with E-state index in [1.54, 1.807) is 6.07 Å². The number of nitrogens with zero attached hydrogens (tertiary/aromatic N) is 2. The number of amides is 1. The van der Waals surface area contributed by atoms with Gasteiger partial charge in [-0.15, -0.1) is 0 Å². The summed E-state index contributed by atoms with van der Waals surface area (Å²) in [6.45, 7) is 3.89. The molecule has 0 radical (unpaired) electrons. The summed E-state index contributed by atoms with van der Waals surface area (Å²) in [6, 6.07) is 16.9. The highest BCUT2D eigenvalue weighted by molar-refractivity contribution is 6.31. The number of anilines is 1. The van der Waals surface area contributed by atoms with E-state index in [-0.39, 0.29) is 10.7 Å². The molecule has 5 heteroatoms. The number of para-hydroxylation sites is 1. The Hall–Kier alpha value is -3.16. The van der Waals surface area contributed by atoms with Crippen LogP contribution in [0.4, 0.5) is 5.69 Å². The average Bonchev–Trinajstić information content (AvgIpc) is 2.60. The van der Waals surface area contributed by atoms with Crippen molar-refractivity contribution < 1.29 is 4.79 Å².